The van der Waals surface area contributed by atoms with Gasteiger partial charge in [-0.3, -0.25) is 4.55 Å². The van der Waals surface area contributed by atoms with Crippen molar-refractivity contribution in [3.05, 3.63) is 61.2 Å². The van der Waals surface area contributed by atoms with E-state index < -0.39 is 10.1 Å². The van der Waals surface area contributed by atoms with Gasteiger partial charge in [-0.1, -0.05) is 68.2 Å². The van der Waals surface area contributed by atoms with Crippen LogP contribution in [0.2, 0.25) is 0 Å². The molecular weight excluding hydrogens is 412 g/mol. The lowest BCUT2D eigenvalue weighted by molar-refractivity contribution is 0.296. The highest BCUT2D eigenvalue weighted by atomic mass is 32.2. The van der Waals surface area contributed by atoms with Gasteiger partial charge in [0.15, 0.2) is 0 Å². The topological polar surface area (TPSA) is 72.8 Å². The van der Waals surface area contributed by atoms with E-state index in [1.165, 1.54) is 25.7 Å². The van der Waals surface area contributed by atoms with Crippen LogP contribution >= 0.6 is 0 Å². The molecule has 31 heavy (non-hydrogen) atoms. The molecule has 2 aromatic rings. The Bertz CT molecular complexity index is 878. The molecule has 5 nitrogen and oxygen atoms in total. The first-order chi connectivity index (χ1) is 15.0. The number of ether oxygens (including phenoxy) is 2. The first kappa shape index (κ1) is 25.0. The van der Waals surface area contributed by atoms with Gasteiger partial charge in [0.25, 0.3) is 10.1 Å². The van der Waals surface area contributed by atoms with E-state index in [9.17, 15) is 8.42 Å². The van der Waals surface area contributed by atoms with Crippen molar-refractivity contribution in [2.45, 2.75) is 51.4 Å². The minimum Gasteiger partial charge on any atom is -0.493 e. The molecule has 0 spiro atoms. The standard InChI is InChI=1S/C25H34O5S/c1-2-3-4-5-6-7-8-12-19-29-23-17-13-18-24(30-20-14-21-31(26,27)28)25(23)22-15-10-9-11-16-22/h2,9-11,13,15-18H,1,3-8,12,14,19-21H2,(H,26,27,28). The molecule has 2 rings (SSSR count). The number of unbranched alkanes of at least 4 members (excludes halogenated alkanes) is 6. The van der Waals surface area contributed by atoms with E-state index in [-0.39, 0.29) is 18.8 Å². The van der Waals surface area contributed by atoms with Gasteiger partial charge in [0.05, 0.1) is 24.5 Å². The van der Waals surface area contributed by atoms with Crippen LogP contribution in [-0.2, 0) is 10.1 Å². The van der Waals surface area contributed by atoms with Crippen LogP contribution in [-0.4, -0.2) is 31.9 Å². The second kappa shape index (κ2) is 13.9. The highest BCUT2D eigenvalue weighted by Gasteiger charge is 2.14. The van der Waals surface area contributed by atoms with Gasteiger partial charge >= 0.3 is 0 Å². The molecule has 6 heteroatoms. The van der Waals surface area contributed by atoms with Crippen LogP contribution < -0.4 is 9.47 Å². The van der Waals surface area contributed by atoms with Crippen molar-refractivity contribution in [3.8, 4) is 22.6 Å². The maximum atomic E-state index is 10.9. The van der Waals surface area contributed by atoms with E-state index in [0.717, 1.165) is 36.1 Å². The smallest absolute Gasteiger partial charge is 0.264 e. The highest BCUT2D eigenvalue weighted by Crippen LogP contribution is 2.38. The SMILES string of the molecule is C=CCCCCCCCCOc1cccc(OCCCS(=O)(=O)O)c1-c1ccccc1. The van der Waals surface area contributed by atoms with Crippen molar-refractivity contribution in [3.63, 3.8) is 0 Å². The Morgan fingerprint density at radius 2 is 1.35 bits per heavy atom. The minimum absolute atomic E-state index is 0.189. The fourth-order valence-corrected chi connectivity index (χ4v) is 3.83. The summed E-state index contributed by atoms with van der Waals surface area (Å²) in [5.74, 6) is 1.07. The van der Waals surface area contributed by atoms with E-state index in [1.54, 1.807) is 0 Å². The molecule has 0 aromatic heterocycles. The highest BCUT2D eigenvalue weighted by molar-refractivity contribution is 7.85. The third kappa shape index (κ3) is 10.0. The van der Waals surface area contributed by atoms with E-state index in [0.29, 0.717) is 12.4 Å². The molecule has 0 heterocycles. The third-order valence-corrected chi connectivity index (χ3v) is 5.72. The summed E-state index contributed by atoms with van der Waals surface area (Å²) < 4.78 is 42.7. The van der Waals surface area contributed by atoms with Crippen molar-refractivity contribution < 1.29 is 22.4 Å². The summed E-state index contributed by atoms with van der Waals surface area (Å²) >= 11 is 0. The lowest BCUT2D eigenvalue weighted by Crippen LogP contribution is -2.09. The molecular formula is C25H34O5S. The summed E-state index contributed by atoms with van der Waals surface area (Å²) in [7, 11) is -3.98. The molecule has 1 N–H and O–H groups in total. The summed E-state index contributed by atoms with van der Waals surface area (Å²) in [5.41, 5.74) is 1.84. The van der Waals surface area contributed by atoms with Gasteiger partial charge < -0.3 is 9.47 Å². The molecule has 0 saturated carbocycles. The van der Waals surface area contributed by atoms with Crippen LogP contribution in [0.15, 0.2) is 61.2 Å². The van der Waals surface area contributed by atoms with Crippen molar-refractivity contribution in [1.82, 2.24) is 0 Å². The van der Waals surface area contributed by atoms with Crippen LogP contribution in [0.5, 0.6) is 11.5 Å². The van der Waals surface area contributed by atoms with E-state index in [2.05, 4.69) is 6.58 Å². The third-order valence-electron chi connectivity index (χ3n) is 4.91. The molecule has 0 radical (unpaired) electrons. The van der Waals surface area contributed by atoms with Crippen molar-refractivity contribution in [2.24, 2.45) is 0 Å². The van der Waals surface area contributed by atoms with Gasteiger partial charge in [0.1, 0.15) is 11.5 Å². The Labute approximate surface area is 186 Å². The molecule has 0 aliphatic heterocycles. The Hall–Kier alpha value is -2.31. The molecule has 0 bridgehead atoms. The Morgan fingerprint density at radius 1 is 0.774 bits per heavy atom. The lowest BCUT2D eigenvalue weighted by Gasteiger charge is -2.16. The lowest BCUT2D eigenvalue weighted by atomic mass is 10.0. The monoisotopic (exact) mass is 446 g/mol. The second-order valence-electron chi connectivity index (χ2n) is 7.53. The zero-order chi connectivity index (χ0) is 22.4. The number of hydrogen-bond donors (Lipinski definition) is 1. The Balaban J connectivity index is 1.94. The zero-order valence-corrected chi connectivity index (χ0v) is 19.0. The summed E-state index contributed by atoms with van der Waals surface area (Å²) in [6, 6.07) is 15.5. The van der Waals surface area contributed by atoms with Crippen molar-refractivity contribution in [2.75, 3.05) is 19.0 Å². The fourth-order valence-electron chi connectivity index (χ4n) is 3.34. The minimum atomic E-state index is -3.98. The number of allylic oxidation sites excluding steroid dienone is 1. The molecule has 0 saturated heterocycles. The summed E-state index contributed by atoms with van der Waals surface area (Å²) in [4.78, 5) is 0. The normalized spacial score (nSPS) is 11.3. The quantitative estimate of drug-likeness (QED) is 0.186. The van der Waals surface area contributed by atoms with Gasteiger partial charge in [-0.05, 0) is 43.4 Å². The molecule has 0 aliphatic carbocycles. The number of hydrogen-bond acceptors (Lipinski definition) is 4. The van der Waals surface area contributed by atoms with Gasteiger partial charge in [-0.15, -0.1) is 6.58 Å². The van der Waals surface area contributed by atoms with Gasteiger partial charge in [-0.25, -0.2) is 0 Å². The van der Waals surface area contributed by atoms with E-state index >= 15 is 0 Å². The van der Waals surface area contributed by atoms with E-state index in [1.807, 2.05) is 54.6 Å². The van der Waals surface area contributed by atoms with Crippen LogP contribution in [0.1, 0.15) is 51.4 Å². The van der Waals surface area contributed by atoms with Gasteiger partial charge in [-0.2, -0.15) is 8.42 Å². The molecule has 0 fully saturated rings. The maximum absolute atomic E-state index is 10.9. The van der Waals surface area contributed by atoms with Crippen LogP contribution in [0.4, 0.5) is 0 Å². The molecule has 0 atom stereocenters. The summed E-state index contributed by atoms with van der Waals surface area (Å²) in [6.45, 7) is 4.58. The Kier molecular flexibility index (Phi) is 11.2. The van der Waals surface area contributed by atoms with E-state index in [4.69, 9.17) is 14.0 Å². The Morgan fingerprint density at radius 3 is 1.97 bits per heavy atom. The molecule has 170 valence electrons. The predicted molar refractivity (Wildman–Crippen MR) is 126 cm³/mol. The zero-order valence-electron chi connectivity index (χ0n) is 18.2. The predicted octanol–water partition coefficient (Wildman–Crippen LogP) is 6.31. The van der Waals surface area contributed by atoms with Crippen molar-refractivity contribution >= 4 is 10.1 Å². The fraction of sp³-hybridized carbons (Fsp3) is 0.440. The molecule has 0 amide bonds. The maximum Gasteiger partial charge on any atom is 0.264 e. The van der Waals surface area contributed by atoms with Crippen LogP contribution in [0, 0.1) is 0 Å². The number of benzene rings is 2. The van der Waals surface area contributed by atoms with Gasteiger partial charge in [0, 0.05) is 0 Å². The average Bonchev–Trinajstić information content (AvgIpc) is 2.75. The molecule has 0 aliphatic rings. The van der Waals surface area contributed by atoms with Crippen molar-refractivity contribution in [1.29, 1.82) is 0 Å². The second-order valence-corrected chi connectivity index (χ2v) is 9.10. The first-order valence-electron chi connectivity index (χ1n) is 11.0. The van der Waals surface area contributed by atoms with Gasteiger partial charge in [0.2, 0.25) is 0 Å². The first-order valence-corrected chi connectivity index (χ1v) is 12.6. The van der Waals surface area contributed by atoms with Crippen LogP contribution in [0.25, 0.3) is 11.1 Å². The van der Waals surface area contributed by atoms with Crippen LogP contribution in [0.3, 0.4) is 0 Å². The largest absolute Gasteiger partial charge is 0.493 e. The molecule has 0 unspecified atom stereocenters. The average molecular weight is 447 g/mol. The summed E-state index contributed by atoms with van der Waals surface area (Å²) in [5, 5.41) is 0. The number of rotatable bonds is 16. The molecule has 2 aromatic carbocycles. The summed E-state index contributed by atoms with van der Waals surface area (Å²) in [6.07, 6.45) is 10.4.